The third kappa shape index (κ3) is 3.21. The van der Waals surface area contributed by atoms with Gasteiger partial charge in [-0.2, -0.15) is 0 Å². The minimum absolute atomic E-state index is 0.213. The van der Waals surface area contributed by atoms with Crippen molar-refractivity contribution in [3.63, 3.8) is 0 Å². The second-order valence-electron chi connectivity index (χ2n) is 4.06. The number of aromatic nitrogens is 2. The van der Waals surface area contributed by atoms with Gasteiger partial charge in [0.2, 0.25) is 5.95 Å². The number of hydrogen-bond donors (Lipinski definition) is 1. The lowest BCUT2D eigenvalue weighted by Gasteiger charge is -2.32. The van der Waals surface area contributed by atoms with Gasteiger partial charge in [0.05, 0.1) is 23.0 Å². The monoisotopic (exact) mass is 247 g/mol. The van der Waals surface area contributed by atoms with Gasteiger partial charge in [-0.05, 0) is 12.8 Å². The highest BCUT2D eigenvalue weighted by atomic mass is 35.5. The molecular weight excluding hydrogens is 233 g/mol. The van der Waals surface area contributed by atoms with Crippen molar-refractivity contribution in [2.45, 2.75) is 26.3 Å². The molecular formula is C10H15Cl2N3. The van der Waals surface area contributed by atoms with E-state index >= 15 is 0 Å². The molecule has 1 N–H and O–H groups in total. The molecule has 1 heterocycles. The summed E-state index contributed by atoms with van der Waals surface area (Å²) in [4.78, 5) is 8.16. The standard InChI is InChI=1S/C10H15Cl2N3/c1-7(2)10(3,6-11)15-9-13-4-8(12)5-14-9/h4-5,7H,6H2,1-3H3,(H,13,14,15). The van der Waals surface area contributed by atoms with Crippen LogP contribution in [0.3, 0.4) is 0 Å². The molecule has 3 nitrogen and oxygen atoms in total. The molecule has 0 radical (unpaired) electrons. The highest BCUT2D eigenvalue weighted by Gasteiger charge is 2.27. The third-order valence-corrected chi connectivity index (χ3v) is 3.32. The maximum Gasteiger partial charge on any atom is 0.223 e. The predicted molar refractivity (Wildman–Crippen MR) is 64.6 cm³/mol. The number of nitrogens with one attached hydrogen (secondary N) is 1. The number of rotatable bonds is 4. The van der Waals surface area contributed by atoms with Gasteiger partial charge in [0.15, 0.2) is 0 Å². The Balaban J connectivity index is 2.79. The Morgan fingerprint density at radius 3 is 2.33 bits per heavy atom. The van der Waals surface area contributed by atoms with Gasteiger partial charge in [0, 0.05) is 5.88 Å². The number of nitrogens with zero attached hydrogens (tertiary/aromatic N) is 2. The Hall–Kier alpha value is -0.540. The fourth-order valence-corrected chi connectivity index (χ4v) is 1.44. The first-order valence-corrected chi connectivity index (χ1v) is 5.71. The fraction of sp³-hybridized carbons (Fsp3) is 0.600. The van der Waals surface area contributed by atoms with Crippen LogP contribution >= 0.6 is 23.2 Å². The van der Waals surface area contributed by atoms with E-state index in [9.17, 15) is 0 Å². The lowest BCUT2D eigenvalue weighted by Crippen LogP contribution is -2.42. The smallest absolute Gasteiger partial charge is 0.223 e. The van der Waals surface area contributed by atoms with Crippen LogP contribution in [0.5, 0.6) is 0 Å². The summed E-state index contributed by atoms with van der Waals surface area (Å²) >= 11 is 11.6. The molecule has 1 aromatic rings. The highest BCUT2D eigenvalue weighted by molar-refractivity contribution is 6.30. The molecule has 0 spiro atoms. The lowest BCUT2D eigenvalue weighted by atomic mass is 9.91. The molecule has 0 saturated heterocycles. The summed E-state index contributed by atoms with van der Waals surface area (Å²) < 4.78 is 0. The van der Waals surface area contributed by atoms with Crippen molar-refractivity contribution in [2.75, 3.05) is 11.2 Å². The minimum Gasteiger partial charge on any atom is -0.348 e. The van der Waals surface area contributed by atoms with Crippen LogP contribution in [0.4, 0.5) is 5.95 Å². The van der Waals surface area contributed by atoms with E-state index in [1.807, 2.05) is 6.92 Å². The molecule has 0 saturated carbocycles. The van der Waals surface area contributed by atoms with Crippen LogP contribution in [0.1, 0.15) is 20.8 Å². The average Bonchev–Trinajstić information content (AvgIpc) is 2.21. The van der Waals surface area contributed by atoms with Crippen LogP contribution in [-0.4, -0.2) is 21.4 Å². The van der Waals surface area contributed by atoms with Crippen LogP contribution in [0.15, 0.2) is 12.4 Å². The number of anilines is 1. The summed E-state index contributed by atoms with van der Waals surface area (Å²) in [6.07, 6.45) is 3.12. The van der Waals surface area contributed by atoms with E-state index in [1.165, 1.54) is 0 Å². The zero-order valence-electron chi connectivity index (χ0n) is 9.09. The number of hydrogen-bond acceptors (Lipinski definition) is 3. The molecule has 1 rings (SSSR count). The SMILES string of the molecule is CC(C)C(C)(CCl)Nc1ncc(Cl)cn1. The van der Waals surface area contributed by atoms with Crippen molar-refractivity contribution in [3.05, 3.63) is 17.4 Å². The van der Waals surface area contributed by atoms with Crippen LogP contribution < -0.4 is 5.32 Å². The predicted octanol–water partition coefficient (Wildman–Crippen LogP) is 3.20. The van der Waals surface area contributed by atoms with Crippen LogP contribution in [0.25, 0.3) is 0 Å². The number of halogens is 2. The third-order valence-electron chi connectivity index (χ3n) is 2.57. The van der Waals surface area contributed by atoms with E-state index in [-0.39, 0.29) is 5.54 Å². The first-order valence-electron chi connectivity index (χ1n) is 4.79. The molecule has 0 aliphatic rings. The maximum absolute atomic E-state index is 5.94. The molecule has 1 unspecified atom stereocenters. The number of alkyl halides is 1. The summed E-state index contributed by atoms with van der Waals surface area (Å²) in [5.74, 6) is 1.43. The Kier molecular flexibility index (Phi) is 4.17. The Morgan fingerprint density at radius 1 is 1.40 bits per heavy atom. The molecule has 0 aromatic carbocycles. The van der Waals surface area contributed by atoms with E-state index in [4.69, 9.17) is 23.2 Å². The Bertz CT molecular complexity index is 313. The van der Waals surface area contributed by atoms with Crippen LogP contribution in [-0.2, 0) is 0 Å². The van der Waals surface area contributed by atoms with E-state index in [1.54, 1.807) is 12.4 Å². The van der Waals surface area contributed by atoms with E-state index < -0.39 is 0 Å². The normalized spacial score (nSPS) is 15.1. The first kappa shape index (κ1) is 12.5. The van der Waals surface area contributed by atoms with Crippen LogP contribution in [0, 0.1) is 5.92 Å². The van der Waals surface area contributed by atoms with E-state index in [0.717, 1.165) is 0 Å². The fourth-order valence-electron chi connectivity index (χ4n) is 0.964. The van der Waals surface area contributed by atoms with Gasteiger partial charge in [-0.3, -0.25) is 0 Å². The summed E-state index contributed by atoms with van der Waals surface area (Å²) in [6, 6.07) is 0. The summed E-state index contributed by atoms with van der Waals surface area (Å²) in [7, 11) is 0. The van der Waals surface area contributed by atoms with Gasteiger partial charge >= 0.3 is 0 Å². The quantitative estimate of drug-likeness (QED) is 0.831. The van der Waals surface area contributed by atoms with Gasteiger partial charge in [0.1, 0.15) is 0 Å². The summed E-state index contributed by atoms with van der Waals surface area (Å²) in [5, 5.41) is 3.74. The van der Waals surface area contributed by atoms with E-state index in [0.29, 0.717) is 22.8 Å². The Morgan fingerprint density at radius 2 is 1.93 bits per heavy atom. The molecule has 1 atom stereocenters. The van der Waals surface area contributed by atoms with Crippen molar-refractivity contribution in [2.24, 2.45) is 5.92 Å². The first-order chi connectivity index (χ1) is 6.98. The second kappa shape index (κ2) is 4.99. The topological polar surface area (TPSA) is 37.8 Å². The molecule has 0 bridgehead atoms. The zero-order valence-corrected chi connectivity index (χ0v) is 10.6. The van der Waals surface area contributed by atoms with Gasteiger partial charge in [-0.15, -0.1) is 11.6 Å². The average molecular weight is 248 g/mol. The van der Waals surface area contributed by atoms with Gasteiger partial charge in [-0.25, -0.2) is 9.97 Å². The maximum atomic E-state index is 5.94. The summed E-state index contributed by atoms with van der Waals surface area (Å²) in [6.45, 7) is 6.25. The largest absolute Gasteiger partial charge is 0.348 e. The Labute approximate surface area is 100 Å². The van der Waals surface area contributed by atoms with Crippen molar-refractivity contribution in [3.8, 4) is 0 Å². The van der Waals surface area contributed by atoms with Gasteiger partial charge < -0.3 is 5.32 Å². The van der Waals surface area contributed by atoms with Gasteiger partial charge in [-0.1, -0.05) is 25.4 Å². The van der Waals surface area contributed by atoms with Gasteiger partial charge in [0.25, 0.3) is 0 Å². The molecule has 5 heteroatoms. The minimum atomic E-state index is -0.213. The van der Waals surface area contributed by atoms with Crippen molar-refractivity contribution < 1.29 is 0 Å². The molecule has 1 aromatic heterocycles. The van der Waals surface area contributed by atoms with E-state index in [2.05, 4.69) is 29.1 Å². The summed E-state index contributed by atoms with van der Waals surface area (Å²) in [5.41, 5.74) is -0.213. The zero-order chi connectivity index (χ0) is 11.5. The molecule has 15 heavy (non-hydrogen) atoms. The molecule has 0 aliphatic carbocycles. The molecule has 0 amide bonds. The van der Waals surface area contributed by atoms with Crippen molar-refractivity contribution >= 4 is 29.2 Å². The molecule has 84 valence electrons. The van der Waals surface area contributed by atoms with Crippen molar-refractivity contribution in [1.29, 1.82) is 0 Å². The van der Waals surface area contributed by atoms with Crippen molar-refractivity contribution in [1.82, 2.24) is 9.97 Å². The molecule has 0 fully saturated rings. The van der Waals surface area contributed by atoms with Crippen LogP contribution in [0.2, 0.25) is 5.02 Å². The second-order valence-corrected chi connectivity index (χ2v) is 4.76. The molecule has 0 aliphatic heterocycles. The highest BCUT2D eigenvalue weighted by Crippen LogP contribution is 2.22. The lowest BCUT2D eigenvalue weighted by molar-refractivity contribution is 0.410.